The Hall–Kier alpha value is -8.20. The van der Waals surface area contributed by atoms with Gasteiger partial charge in [-0.1, -0.05) is 176 Å². The highest BCUT2D eigenvalue weighted by molar-refractivity contribution is 6.14. The van der Waals surface area contributed by atoms with Crippen LogP contribution in [0.1, 0.15) is 0 Å². The first kappa shape index (κ1) is 35.7. The molecule has 2 aromatic heterocycles. The number of hydrogen-bond donors (Lipinski definition) is 0. The Kier molecular flexibility index (Phi) is 8.53. The Balaban J connectivity index is 1.09. The first-order chi connectivity index (χ1) is 30.7. The van der Waals surface area contributed by atoms with Gasteiger partial charge in [-0.3, -0.25) is 0 Å². The maximum atomic E-state index is 6.99. The number of fused-ring (bicyclic) bond motifs is 6. The zero-order valence-electron chi connectivity index (χ0n) is 33.9. The monoisotopic (exact) mass is 789 g/mol. The molecule has 12 aromatic rings. The number of hydrogen-bond acceptors (Lipinski definition) is 1. The molecule has 290 valence electrons. The molecule has 0 unspecified atom stereocenters. The van der Waals surface area contributed by atoms with Crippen LogP contribution in [0.15, 0.2) is 241 Å². The summed E-state index contributed by atoms with van der Waals surface area (Å²) < 4.78 is 9.38. The van der Waals surface area contributed by atoms with Crippen LogP contribution in [-0.2, 0) is 0 Å². The molecular weight excluding hydrogens is 751 g/mol. The number of rotatable bonds is 7. The fourth-order valence-electron chi connectivity index (χ4n) is 9.39. The normalized spacial score (nSPS) is 11.5. The highest BCUT2D eigenvalue weighted by atomic mass is 16.3. The van der Waals surface area contributed by atoms with E-state index in [0.717, 1.165) is 72.1 Å². The molecule has 12 rings (SSSR count). The Morgan fingerprint density at radius 1 is 0.242 bits per heavy atom. The van der Waals surface area contributed by atoms with E-state index in [1.165, 1.54) is 44.1 Å². The molecule has 0 radical (unpaired) electrons. The summed E-state index contributed by atoms with van der Waals surface area (Å²) in [4.78, 5) is 0. The lowest BCUT2D eigenvalue weighted by molar-refractivity contribution is 0.671. The lowest BCUT2D eigenvalue weighted by Crippen LogP contribution is -1.93. The fraction of sp³-hybridized carbons (Fsp3) is 0. The Morgan fingerprint density at radius 2 is 0.629 bits per heavy atom. The summed E-state index contributed by atoms with van der Waals surface area (Å²) in [5, 5.41) is 4.66. The third kappa shape index (κ3) is 6.12. The summed E-state index contributed by atoms with van der Waals surface area (Å²) in [7, 11) is 0. The summed E-state index contributed by atoms with van der Waals surface area (Å²) in [5.41, 5.74) is 19.1. The second kappa shape index (κ2) is 14.8. The highest BCUT2D eigenvalue weighted by Crippen LogP contribution is 2.43. The second-order valence-electron chi connectivity index (χ2n) is 16.1. The van der Waals surface area contributed by atoms with Crippen molar-refractivity contribution in [2.24, 2.45) is 0 Å². The standard InChI is InChI=1S/C60H39NO/c1-5-16-40(17-6-1)43-22-13-23-44(34-43)47-35-48(37-49(36-47)52-27-15-29-54-53-28-14-26-51(59(53)62-60(52)54)42-20-9-3-10-21-42)46-31-33-58-56(39-46)55-38-45(41-18-7-2-8-19-41)30-32-57(55)61(58)50-24-11-4-12-25-50/h1-39H. The van der Waals surface area contributed by atoms with E-state index in [4.69, 9.17) is 4.42 Å². The van der Waals surface area contributed by atoms with Crippen molar-refractivity contribution in [3.05, 3.63) is 237 Å². The largest absolute Gasteiger partial charge is 0.455 e. The molecular formula is C60H39NO. The molecule has 0 fully saturated rings. The molecule has 2 heteroatoms. The number of furan rings is 1. The predicted molar refractivity (Wildman–Crippen MR) is 261 cm³/mol. The molecule has 2 nitrogen and oxygen atoms in total. The Morgan fingerprint density at radius 3 is 1.18 bits per heavy atom. The van der Waals surface area contributed by atoms with Gasteiger partial charge in [0, 0.05) is 38.4 Å². The van der Waals surface area contributed by atoms with Gasteiger partial charge in [-0.15, -0.1) is 0 Å². The van der Waals surface area contributed by atoms with Gasteiger partial charge >= 0.3 is 0 Å². The van der Waals surface area contributed by atoms with E-state index in [0.29, 0.717) is 0 Å². The van der Waals surface area contributed by atoms with Crippen LogP contribution in [0.4, 0.5) is 0 Å². The third-order valence-electron chi connectivity index (χ3n) is 12.4. The number of benzene rings is 10. The summed E-state index contributed by atoms with van der Waals surface area (Å²) in [5.74, 6) is 0. The predicted octanol–water partition coefficient (Wildman–Crippen LogP) is 16.7. The molecule has 0 aliphatic carbocycles. The molecule has 0 saturated heterocycles. The first-order valence-corrected chi connectivity index (χ1v) is 21.2. The summed E-state index contributed by atoms with van der Waals surface area (Å²) >= 11 is 0. The number of para-hydroxylation sites is 3. The zero-order valence-corrected chi connectivity index (χ0v) is 33.9. The van der Waals surface area contributed by atoms with E-state index in [-0.39, 0.29) is 0 Å². The molecule has 0 aliphatic heterocycles. The average molecular weight is 790 g/mol. The summed E-state index contributed by atoms with van der Waals surface area (Å²) in [6.45, 7) is 0. The molecule has 0 saturated carbocycles. The summed E-state index contributed by atoms with van der Waals surface area (Å²) in [6, 6.07) is 85.4. The minimum absolute atomic E-state index is 0.891. The van der Waals surface area contributed by atoms with E-state index in [9.17, 15) is 0 Å². The topological polar surface area (TPSA) is 18.1 Å². The molecule has 0 bridgehead atoms. The van der Waals surface area contributed by atoms with E-state index in [1.807, 2.05) is 0 Å². The third-order valence-corrected chi connectivity index (χ3v) is 12.4. The molecule has 62 heavy (non-hydrogen) atoms. The molecule has 0 N–H and O–H groups in total. The van der Waals surface area contributed by atoms with Crippen LogP contribution >= 0.6 is 0 Å². The Labute approximate surface area is 360 Å². The van der Waals surface area contributed by atoms with Crippen LogP contribution in [-0.4, -0.2) is 4.57 Å². The minimum Gasteiger partial charge on any atom is -0.455 e. The SMILES string of the molecule is c1ccc(-c2cccc(-c3cc(-c4ccc5c(c4)c4cc(-c6ccccc6)ccc4n5-c4ccccc4)cc(-c4cccc5c4oc4c(-c6ccccc6)cccc45)c3)c2)cc1. The van der Waals surface area contributed by atoms with Gasteiger partial charge in [0.05, 0.1) is 11.0 Å². The van der Waals surface area contributed by atoms with Crippen LogP contribution in [0, 0.1) is 0 Å². The maximum Gasteiger partial charge on any atom is 0.143 e. The quantitative estimate of drug-likeness (QED) is 0.157. The van der Waals surface area contributed by atoms with Gasteiger partial charge in [0.15, 0.2) is 0 Å². The molecule has 0 spiro atoms. The fourth-order valence-corrected chi connectivity index (χ4v) is 9.39. The van der Waals surface area contributed by atoms with E-state index in [1.54, 1.807) is 0 Å². The van der Waals surface area contributed by atoms with Gasteiger partial charge in [-0.2, -0.15) is 0 Å². The minimum atomic E-state index is 0.891. The van der Waals surface area contributed by atoms with Crippen molar-refractivity contribution in [3.63, 3.8) is 0 Å². The molecule has 0 atom stereocenters. The van der Waals surface area contributed by atoms with Crippen LogP contribution in [0.25, 0.3) is 116 Å². The molecule has 0 aliphatic rings. The average Bonchev–Trinajstić information content (AvgIpc) is 3.90. The number of aromatic nitrogens is 1. The van der Waals surface area contributed by atoms with Crippen molar-refractivity contribution >= 4 is 43.7 Å². The lowest BCUT2D eigenvalue weighted by atomic mass is 9.91. The number of nitrogens with zero attached hydrogens (tertiary/aromatic N) is 1. The van der Waals surface area contributed by atoms with E-state index >= 15 is 0 Å². The van der Waals surface area contributed by atoms with Crippen LogP contribution in [0.2, 0.25) is 0 Å². The van der Waals surface area contributed by atoms with Crippen molar-refractivity contribution < 1.29 is 4.42 Å². The van der Waals surface area contributed by atoms with E-state index in [2.05, 4.69) is 241 Å². The first-order valence-electron chi connectivity index (χ1n) is 21.2. The highest BCUT2D eigenvalue weighted by Gasteiger charge is 2.19. The van der Waals surface area contributed by atoms with Crippen molar-refractivity contribution in [1.29, 1.82) is 0 Å². The molecule has 2 heterocycles. The van der Waals surface area contributed by atoms with Crippen molar-refractivity contribution in [2.45, 2.75) is 0 Å². The summed E-state index contributed by atoms with van der Waals surface area (Å²) in [6.07, 6.45) is 0. The zero-order chi connectivity index (χ0) is 41.0. The second-order valence-corrected chi connectivity index (χ2v) is 16.1. The van der Waals surface area contributed by atoms with Crippen LogP contribution < -0.4 is 0 Å². The molecule has 0 amide bonds. The lowest BCUT2D eigenvalue weighted by Gasteiger charge is -2.13. The van der Waals surface area contributed by atoms with Gasteiger partial charge in [0.2, 0.25) is 0 Å². The van der Waals surface area contributed by atoms with Gasteiger partial charge in [-0.05, 0) is 116 Å². The van der Waals surface area contributed by atoms with Gasteiger partial charge in [0.1, 0.15) is 11.2 Å². The van der Waals surface area contributed by atoms with Crippen molar-refractivity contribution in [3.8, 4) is 72.4 Å². The van der Waals surface area contributed by atoms with Gasteiger partial charge in [-0.25, -0.2) is 0 Å². The van der Waals surface area contributed by atoms with Crippen LogP contribution in [0.5, 0.6) is 0 Å². The van der Waals surface area contributed by atoms with Crippen molar-refractivity contribution in [2.75, 3.05) is 0 Å². The van der Waals surface area contributed by atoms with Crippen molar-refractivity contribution in [1.82, 2.24) is 4.57 Å². The Bertz CT molecular complexity index is 3600. The van der Waals surface area contributed by atoms with Gasteiger partial charge in [0.25, 0.3) is 0 Å². The smallest absolute Gasteiger partial charge is 0.143 e. The van der Waals surface area contributed by atoms with Crippen LogP contribution in [0.3, 0.4) is 0 Å². The molecule has 10 aromatic carbocycles. The van der Waals surface area contributed by atoms with Gasteiger partial charge < -0.3 is 8.98 Å². The maximum absolute atomic E-state index is 6.99. The van der Waals surface area contributed by atoms with E-state index < -0.39 is 0 Å².